The second-order valence-corrected chi connectivity index (χ2v) is 7.54. The molecule has 0 bridgehead atoms. The summed E-state index contributed by atoms with van der Waals surface area (Å²) >= 11 is 0. The van der Waals surface area contributed by atoms with E-state index in [1.807, 2.05) is 24.3 Å². The first-order valence-corrected chi connectivity index (χ1v) is 9.41. The van der Waals surface area contributed by atoms with E-state index in [1.165, 1.54) is 11.1 Å². The second kappa shape index (κ2) is 7.67. The molecule has 0 aliphatic rings. The average molecular weight is 406 g/mol. The van der Waals surface area contributed by atoms with Crippen LogP contribution in [-0.4, -0.2) is 19.7 Å². The highest BCUT2D eigenvalue weighted by Crippen LogP contribution is 2.33. The highest BCUT2D eigenvalue weighted by Gasteiger charge is 2.23. The Hall–Kier alpha value is -3.61. The topological polar surface area (TPSA) is 52.8 Å². The number of benzene rings is 2. The maximum atomic E-state index is 14.0. The minimum Gasteiger partial charge on any atom is -0.424 e. The van der Waals surface area contributed by atoms with Crippen molar-refractivity contribution in [3.8, 4) is 17.6 Å². The van der Waals surface area contributed by atoms with Crippen molar-refractivity contribution in [1.29, 1.82) is 0 Å². The zero-order valence-electron chi connectivity index (χ0n) is 16.8. The lowest BCUT2D eigenvalue weighted by atomic mass is 9.78. The third-order valence-corrected chi connectivity index (χ3v) is 5.03. The van der Waals surface area contributed by atoms with Crippen LogP contribution in [0, 0.1) is 18.6 Å². The smallest absolute Gasteiger partial charge is 0.324 e. The lowest BCUT2D eigenvalue weighted by molar-refractivity contribution is 0.433. The third kappa shape index (κ3) is 3.91. The van der Waals surface area contributed by atoms with E-state index in [9.17, 15) is 8.78 Å². The van der Waals surface area contributed by atoms with Gasteiger partial charge in [0, 0.05) is 5.41 Å². The Morgan fingerprint density at radius 2 is 1.53 bits per heavy atom. The van der Waals surface area contributed by atoms with Gasteiger partial charge in [0.25, 0.3) is 0 Å². The summed E-state index contributed by atoms with van der Waals surface area (Å²) in [4.78, 5) is 7.85. The Morgan fingerprint density at radius 1 is 0.900 bits per heavy atom. The molecule has 7 heteroatoms. The Morgan fingerprint density at radius 3 is 2.13 bits per heavy atom. The molecule has 5 nitrogen and oxygen atoms in total. The molecule has 4 aromatic rings. The third-order valence-electron chi connectivity index (χ3n) is 5.03. The Bertz CT molecular complexity index is 1170. The number of rotatable bonds is 5. The van der Waals surface area contributed by atoms with Crippen molar-refractivity contribution < 1.29 is 13.5 Å². The van der Waals surface area contributed by atoms with Gasteiger partial charge in [0.2, 0.25) is 0 Å². The second-order valence-electron chi connectivity index (χ2n) is 7.54. The van der Waals surface area contributed by atoms with E-state index >= 15 is 0 Å². The van der Waals surface area contributed by atoms with Crippen LogP contribution >= 0.6 is 0 Å². The van der Waals surface area contributed by atoms with Crippen LogP contribution in [0.4, 0.5) is 8.78 Å². The van der Waals surface area contributed by atoms with E-state index in [4.69, 9.17) is 4.74 Å². The van der Waals surface area contributed by atoms with E-state index in [-0.39, 0.29) is 17.2 Å². The van der Waals surface area contributed by atoms with Gasteiger partial charge in [-0.15, -0.1) is 0 Å². The van der Waals surface area contributed by atoms with Crippen LogP contribution in [0.1, 0.15) is 30.5 Å². The van der Waals surface area contributed by atoms with Crippen molar-refractivity contribution in [1.82, 2.24) is 19.7 Å². The first-order valence-electron chi connectivity index (χ1n) is 9.41. The predicted molar refractivity (Wildman–Crippen MR) is 109 cm³/mol. The van der Waals surface area contributed by atoms with Gasteiger partial charge in [0.1, 0.15) is 5.75 Å². The van der Waals surface area contributed by atoms with Gasteiger partial charge in [-0.05, 0) is 30.2 Å². The molecule has 0 fully saturated rings. The molecule has 0 aliphatic heterocycles. The van der Waals surface area contributed by atoms with E-state index in [1.54, 1.807) is 0 Å². The van der Waals surface area contributed by atoms with Crippen molar-refractivity contribution >= 4 is 0 Å². The monoisotopic (exact) mass is 406 g/mol. The molecule has 2 heterocycles. The molecule has 0 amide bonds. The maximum absolute atomic E-state index is 14.0. The summed E-state index contributed by atoms with van der Waals surface area (Å²) in [5, 5.41) is 3.72. The number of aryl methyl sites for hydroxylation is 1. The highest BCUT2D eigenvalue weighted by molar-refractivity contribution is 5.41. The summed E-state index contributed by atoms with van der Waals surface area (Å²) in [6.07, 6.45) is 2.96. The average Bonchev–Trinajstić information content (AvgIpc) is 3.16. The molecule has 2 aromatic heterocycles. The first kappa shape index (κ1) is 19.7. The lowest BCUT2D eigenvalue weighted by Crippen LogP contribution is -2.18. The fraction of sp³-hybridized carbons (Fsp3) is 0.174. The number of halogens is 2. The van der Waals surface area contributed by atoms with Crippen LogP contribution in [0.25, 0.3) is 5.82 Å². The number of hydrogen-bond donors (Lipinski definition) is 0. The molecule has 0 spiro atoms. The minimum absolute atomic E-state index is 0.0622. The summed E-state index contributed by atoms with van der Waals surface area (Å²) in [7, 11) is 0. The highest BCUT2D eigenvalue weighted by atomic mass is 19.1. The number of hydrogen-bond acceptors (Lipinski definition) is 4. The minimum atomic E-state index is -0.736. The van der Waals surface area contributed by atoms with Gasteiger partial charge in [-0.3, -0.25) is 0 Å². The van der Waals surface area contributed by atoms with E-state index in [2.05, 4.69) is 60.1 Å². The Labute approximate surface area is 173 Å². The summed E-state index contributed by atoms with van der Waals surface area (Å²) in [5.41, 5.74) is 3.36. The van der Waals surface area contributed by atoms with E-state index in [0.29, 0.717) is 5.75 Å². The van der Waals surface area contributed by atoms with Crippen molar-refractivity contribution in [2.45, 2.75) is 26.2 Å². The predicted octanol–water partition coefficient (Wildman–Crippen LogP) is 5.37. The molecule has 30 heavy (non-hydrogen) atoms. The fourth-order valence-corrected chi connectivity index (χ4v) is 3.15. The molecule has 0 aliphatic carbocycles. The zero-order valence-corrected chi connectivity index (χ0v) is 16.8. The van der Waals surface area contributed by atoms with Gasteiger partial charge < -0.3 is 4.74 Å². The lowest BCUT2D eigenvalue weighted by Gasteiger charge is -2.26. The van der Waals surface area contributed by atoms with Crippen molar-refractivity contribution in [3.63, 3.8) is 0 Å². The summed E-state index contributed by atoms with van der Waals surface area (Å²) in [6, 6.07) is 16.0. The molecule has 0 N–H and O–H groups in total. The van der Waals surface area contributed by atoms with Crippen LogP contribution < -0.4 is 4.74 Å². The standard InChI is InChI=1S/C23H20F2N4O/c1-15-4-6-16(7-5-15)23(2,3)17-8-10-19(11-9-17)30-22-26-13-20(25)21(28-22)29-14-18(24)12-27-29/h4-14H,1-3H3. The molecule has 0 radical (unpaired) electrons. The molecule has 0 unspecified atom stereocenters. The summed E-state index contributed by atoms with van der Waals surface area (Å²) in [5.74, 6) is -1.02. The van der Waals surface area contributed by atoms with Crippen LogP contribution in [-0.2, 0) is 5.41 Å². The van der Waals surface area contributed by atoms with E-state index in [0.717, 1.165) is 28.8 Å². The Balaban J connectivity index is 1.56. The normalized spacial score (nSPS) is 11.5. The Kier molecular flexibility index (Phi) is 5.03. The molecule has 152 valence electrons. The molecule has 0 saturated carbocycles. The van der Waals surface area contributed by atoms with Crippen molar-refractivity contribution in [3.05, 3.63) is 95.4 Å². The van der Waals surface area contributed by atoms with E-state index < -0.39 is 11.6 Å². The first-order chi connectivity index (χ1) is 14.3. The summed E-state index contributed by atoms with van der Waals surface area (Å²) in [6.45, 7) is 6.38. The van der Waals surface area contributed by atoms with Gasteiger partial charge in [-0.1, -0.05) is 55.8 Å². The van der Waals surface area contributed by atoms with Crippen molar-refractivity contribution in [2.75, 3.05) is 0 Å². The van der Waals surface area contributed by atoms with Crippen molar-refractivity contribution in [2.24, 2.45) is 0 Å². The van der Waals surface area contributed by atoms with Gasteiger partial charge in [-0.25, -0.2) is 18.4 Å². The van der Waals surface area contributed by atoms with Gasteiger partial charge in [0.05, 0.1) is 18.6 Å². The number of ether oxygens (including phenoxy) is 1. The molecular formula is C23H20F2N4O. The molecule has 4 rings (SSSR count). The summed E-state index contributed by atoms with van der Waals surface area (Å²) < 4.78 is 33.9. The number of aromatic nitrogens is 4. The van der Waals surface area contributed by atoms with Crippen LogP contribution in [0.15, 0.2) is 67.1 Å². The van der Waals surface area contributed by atoms with Crippen LogP contribution in [0.3, 0.4) is 0 Å². The van der Waals surface area contributed by atoms with Gasteiger partial charge >= 0.3 is 6.01 Å². The molecular weight excluding hydrogens is 386 g/mol. The molecule has 0 saturated heterocycles. The maximum Gasteiger partial charge on any atom is 0.324 e. The number of nitrogens with zero attached hydrogens (tertiary/aromatic N) is 4. The fourth-order valence-electron chi connectivity index (χ4n) is 3.15. The molecule has 2 aromatic carbocycles. The van der Waals surface area contributed by atoms with Crippen LogP contribution in [0.2, 0.25) is 0 Å². The quantitative estimate of drug-likeness (QED) is 0.447. The SMILES string of the molecule is Cc1ccc(C(C)(C)c2ccc(Oc3ncc(F)c(-n4cc(F)cn4)n3)cc2)cc1. The van der Waals surface area contributed by atoms with Gasteiger partial charge in [0.15, 0.2) is 17.5 Å². The largest absolute Gasteiger partial charge is 0.424 e. The van der Waals surface area contributed by atoms with Crippen LogP contribution in [0.5, 0.6) is 11.8 Å². The van der Waals surface area contributed by atoms with Gasteiger partial charge in [-0.2, -0.15) is 10.1 Å². The zero-order chi connectivity index (χ0) is 21.3. The molecule has 0 atom stereocenters.